The lowest BCUT2D eigenvalue weighted by Crippen LogP contribution is -2.26. The Hall–Kier alpha value is -3.84. The van der Waals surface area contributed by atoms with E-state index in [4.69, 9.17) is 21.1 Å². The number of amides is 1. The predicted molar refractivity (Wildman–Crippen MR) is 132 cm³/mol. The summed E-state index contributed by atoms with van der Waals surface area (Å²) < 4.78 is 11.4. The minimum Gasteiger partial charge on any atom is -0.493 e. The quantitative estimate of drug-likeness (QED) is 0.221. The van der Waals surface area contributed by atoms with Crippen molar-refractivity contribution in [2.45, 2.75) is 20.0 Å². The summed E-state index contributed by atoms with van der Waals surface area (Å²) in [6.07, 6.45) is 2.67. The van der Waals surface area contributed by atoms with Gasteiger partial charge < -0.3 is 14.4 Å². The van der Waals surface area contributed by atoms with Gasteiger partial charge in [0.1, 0.15) is 6.61 Å². The third-order valence-corrected chi connectivity index (χ3v) is 5.78. The fourth-order valence-corrected chi connectivity index (χ4v) is 4.16. The molecule has 8 heteroatoms. The van der Waals surface area contributed by atoms with E-state index in [0.717, 1.165) is 23.2 Å². The van der Waals surface area contributed by atoms with Gasteiger partial charge in [0, 0.05) is 29.8 Å². The monoisotopic (exact) mass is 478 g/mol. The zero-order valence-electron chi connectivity index (χ0n) is 18.8. The Kier molecular flexibility index (Phi) is 6.84. The van der Waals surface area contributed by atoms with Gasteiger partial charge in [-0.3, -0.25) is 14.9 Å². The molecule has 0 aromatic heterocycles. The molecule has 3 aromatic rings. The van der Waals surface area contributed by atoms with Crippen molar-refractivity contribution in [1.29, 1.82) is 0 Å². The maximum atomic E-state index is 13.1. The van der Waals surface area contributed by atoms with Crippen LogP contribution in [0.15, 0.2) is 60.7 Å². The Bertz CT molecular complexity index is 1270. The smallest absolute Gasteiger partial charge is 0.269 e. The van der Waals surface area contributed by atoms with Gasteiger partial charge in [-0.15, -0.1) is 0 Å². The van der Waals surface area contributed by atoms with E-state index >= 15 is 0 Å². The highest BCUT2D eigenvalue weighted by Gasteiger charge is 2.31. The summed E-state index contributed by atoms with van der Waals surface area (Å²) in [6.45, 7) is 2.84. The fourth-order valence-electron chi connectivity index (χ4n) is 3.89. The number of nitro benzene ring substituents is 1. The van der Waals surface area contributed by atoms with Crippen LogP contribution in [0.1, 0.15) is 30.0 Å². The molecule has 0 atom stereocenters. The van der Waals surface area contributed by atoms with E-state index in [2.05, 4.69) is 0 Å². The molecule has 0 bridgehead atoms. The van der Waals surface area contributed by atoms with Gasteiger partial charge in [0.2, 0.25) is 0 Å². The van der Waals surface area contributed by atoms with Crippen LogP contribution in [-0.4, -0.2) is 24.5 Å². The number of hydrogen-bond acceptors (Lipinski definition) is 5. The van der Waals surface area contributed by atoms with Crippen LogP contribution in [0.5, 0.6) is 11.5 Å². The van der Waals surface area contributed by atoms with Crippen LogP contribution in [0.3, 0.4) is 0 Å². The van der Waals surface area contributed by atoms with Crippen molar-refractivity contribution in [3.63, 3.8) is 0 Å². The first-order chi connectivity index (χ1) is 16.4. The number of nitrogens with zero attached hydrogens (tertiary/aromatic N) is 2. The molecule has 1 heterocycles. The molecule has 0 unspecified atom stereocenters. The number of methoxy groups -OCH3 is 1. The standard InChI is InChI=1S/C26H23ClN2O5/c1-3-12-28-23-7-5-4-6-20(23)21(26(28)30)13-18-14-22(27)25(24(15-18)33-2)34-16-17-8-10-19(11-9-17)29(31)32/h4-11,13-15H,3,12,16H2,1-2H3/b21-13-. The zero-order valence-corrected chi connectivity index (χ0v) is 19.5. The normalized spacial score (nSPS) is 13.8. The molecule has 34 heavy (non-hydrogen) atoms. The molecule has 0 spiro atoms. The molecule has 3 aromatic carbocycles. The van der Waals surface area contributed by atoms with E-state index in [0.29, 0.717) is 34.2 Å². The number of ether oxygens (including phenoxy) is 2. The summed E-state index contributed by atoms with van der Waals surface area (Å²) in [6, 6.07) is 17.3. The summed E-state index contributed by atoms with van der Waals surface area (Å²) in [5.41, 5.74) is 3.86. The van der Waals surface area contributed by atoms with Gasteiger partial charge in [-0.2, -0.15) is 0 Å². The van der Waals surface area contributed by atoms with Gasteiger partial charge in [-0.05, 0) is 54.0 Å². The van der Waals surface area contributed by atoms with E-state index < -0.39 is 4.92 Å². The predicted octanol–water partition coefficient (Wildman–Crippen LogP) is 6.13. The Morgan fingerprint density at radius 1 is 1.12 bits per heavy atom. The summed E-state index contributed by atoms with van der Waals surface area (Å²) >= 11 is 6.53. The summed E-state index contributed by atoms with van der Waals surface area (Å²) in [4.78, 5) is 25.3. The Morgan fingerprint density at radius 2 is 1.85 bits per heavy atom. The maximum Gasteiger partial charge on any atom is 0.269 e. The molecule has 0 radical (unpaired) electrons. The molecular weight excluding hydrogens is 456 g/mol. The van der Waals surface area contributed by atoms with Crippen molar-refractivity contribution in [3.05, 3.63) is 92.5 Å². The highest BCUT2D eigenvalue weighted by Crippen LogP contribution is 2.41. The van der Waals surface area contributed by atoms with Crippen LogP contribution in [0.25, 0.3) is 11.6 Å². The molecule has 1 amide bonds. The zero-order chi connectivity index (χ0) is 24.2. The maximum absolute atomic E-state index is 13.1. The fraction of sp³-hybridized carbons (Fsp3) is 0.192. The highest BCUT2D eigenvalue weighted by atomic mass is 35.5. The van der Waals surface area contributed by atoms with Gasteiger partial charge in [0.15, 0.2) is 11.5 Å². The van der Waals surface area contributed by atoms with Crippen LogP contribution in [0, 0.1) is 10.1 Å². The van der Waals surface area contributed by atoms with E-state index in [1.165, 1.54) is 19.2 Å². The highest BCUT2D eigenvalue weighted by molar-refractivity contribution is 6.36. The van der Waals surface area contributed by atoms with Crippen LogP contribution in [0.4, 0.5) is 11.4 Å². The lowest BCUT2D eigenvalue weighted by atomic mass is 10.0. The van der Waals surface area contributed by atoms with Crippen LogP contribution in [-0.2, 0) is 11.4 Å². The average Bonchev–Trinajstić information content (AvgIpc) is 3.09. The van der Waals surface area contributed by atoms with E-state index in [1.807, 2.05) is 37.3 Å². The molecule has 7 nitrogen and oxygen atoms in total. The Morgan fingerprint density at radius 3 is 2.53 bits per heavy atom. The molecule has 0 saturated carbocycles. The van der Waals surface area contributed by atoms with E-state index in [-0.39, 0.29) is 18.2 Å². The number of nitro groups is 1. The number of anilines is 1. The molecule has 1 aliphatic heterocycles. The van der Waals surface area contributed by atoms with Crippen LogP contribution in [0.2, 0.25) is 5.02 Å². The lowest BCUT2D eigenvalue weighted by molar-refractivity contribution is -0.384. The minimum atomic E-state index is -0.452. The number of carbonyl (C=O) groups excluding carboxylic acids is 1. The number of benzene rings is 3. The minimum absolute atomic E-state index is 0.0114. The van der Waals surface area contributed by atoms with Crippen LogP contribution < -0.4 is 14.4 Å². The third kappa shape index (κ3) is 4.61. The number of non-ortho nitro benzene ring substituents is 1. The summed E-state index contributed by atoms with van der Waals surface area (Å²) in [7, 11) is 1.51. The van der Waals surface area contributed by atoms with Gasteiger partial charge >= 0.3 is 0 Å². The number of para-hydroxylation sites is 1. The first-order valence-electron chi connectivity index (χ1n) is 10.8. The number of carbonyl (C=O) groups is 1. The number of rotatable bonds is 8. The van der Waals surface area contributed by atoms with Gasteiger partial charge in [0.25, 0.3) is 11.6 Å². The number of halogens is 1. The first kappa shape index (κ1) is 23.3. The first-order valence-corrected chi connectivity index (χ1v) is 11.2. The van der Waals surface area contributed by atoms with Crippen LogP contribution >= 0.6 is 11.6 Å². The largest absolute Gasteiger partial charge is 0.493 e. The Labute approximate surface area is 202 Å². The third-order valence-electron chi connectivity index (χ3n) is 5.50. The number of fused-ring (bicyclic) bond motifs is 1. The topological polar surface area (TPSA) is 81.9 Å². The molecule has 174 valence electrons. The van der Waals surface area contributed by atoms with Crippen molar-refractivity contribution >= 4 is 40.5 Å². The van der Waals surface area contributed by atoms with Gasteiger partial charge in [-0.25, -0.2) is 0 Å². The SMILES string of the molecule is CCCN1C(=O)/C(=C\c2cc(Cl)c(OCc3ccc([N+](=O)[O-])cc3)c(OC)c2)c2ccccc21. The molecule has 1 aliphatic rings. The number of hydrogen-bond donors (Lipinski definition) is 0. The van der Waals surface area contributed by atoms with Crippen molar-refractivity contribution in [1.82, 2.24) is 0 Å². The summed E-state index contributed by atoms with van der Waals surface area (Å²) in [5.74, 6) is 0.734. The van der Waals surface area contributed by atoms with Gasteiger partial charge in [-0.1, -0.05) is 36.7 Å². The molecule has 0 saturated heterocycles. The molecule has 0 N–H and O–H groups in total. The van der Waals surface area contributed by atoms with Crippen molar-refractivity contribution < 1.29 is 19.2 Å². The van der Waals surface area contributed by atoms with E-state index in [1.54, 1.807) is 29.2 Å². The Balaban J connectivity index is 1.61. The second kappa shape index (κ2) is 9.97. The second-order valence-corrected chi connectivity index (χ2v) is 8.19. The van der Waals surface area contributed by atoms with Crippen molar-refractivity contribution in [3.8, 4) is 11.5 Å². The lowest BCUT2D eigenvalue weighted by Gasteiger charge is -2.15. The molecular formula is C26H23ClN2O5. The van der Waals surface area contributed by atoms with Crippen molar-refractivity contribution in [2.24, 2.45) is 0 Å². The van der Waals surface area contributed by atoms with Gasteiger partial charge in [0.05, 0.1) is 22.7 Å². The van der Waals surface area contributed by atoms with Crippen molar-refractivity contribution in [2.75, 3.05) is 18.6 Å². The molecule has 4 rings (SSSR count). The van der Waals surface area contributed by atoms with E-state index in [9.17, 15) is 14.9 Å². The molecule has 0 aliphatic carbocycles. The second-order valence-electron chi connectivity index (χ2n) is 7.78. The molecule has 0 fully saturated rings. The average molecular weight is 479 g/mol. The summed E-state index contributed by atoms with van der Waals surface area (Å²) in [5, 5.41) is 11.2.